The fraction of sp³-hybridized carbons (Fsp3) is 0.100. The molecule has 0 saturated heterocycles. The minimum Gasteiger partial charge on any atom is -0.545 e. The minimum absolute atomic E-state index is 0. The molecule has 4 aromatic rings. The number of aromatic carboxylic acids is 1. The molecule has 10 nitrogen and oxygen atoms in total. The maximum atomic E-state index is 13.2. The van der Waals surface area contributed by atoms with Crippen LogP contribution in [0.25, 0.3) is 5.65 Å². The summed E-state index contributed by atoms with van der Waals surface area (Å²) >= 11 is 0. The molecular formula is C20H16KN5O5S. The maximum Gasteiger partial charge on any atom is 1.00 e. The summed E-state index contributed by atoms with van der Waals surface area (Å²) in [6.45, 7) is 1.69. The largest absolute Gasteiger partial charge is 1.00 e. The van der Waals surface area contributed by atoms with Gasteiger partial charge >= 0.3 is 51.4 Å². The number of anilines is 1. The number of aromatic nitrogens is 4. The van der Waals surface area contributed by atoms with Crippen molar-refractivity contribution in [1.29, 1.82) is 0 Å². The van der Waals surface area contributed by atoms with Crippen molar-refractivity contribution >= 4 is 27.5 Å². The summed E-state index contributed by atoms with van der Waals surface area (Å²) in [5.74, 6) is -0.775. The number of fused-ring (bicyclic) bond motifs is 1. The molecule has 4 rings (SSSR count). The van der Waals surface area contributed by atoms with Crippen molar-refractivity contribution in [3.63, 3.8) is 0 Å². The average molecular weight is 478 g/mol. The van der Waals surface area contributed by atoms with Crippen LogP contribution in [0.15, 0.2) is 66.0 Å². The molecule has 0 radical (unpaired) electrons. The van der Waals surface area contributed by atoms with Crippen LogP contribution in [0.3, 0.4) is 0 Å². The van der Waals surface area contributed by atoms with Crippen molar-refractivity contribution in [2.24, 2.45) is 0 Å². The zero-order valence-corrected chi connectivity index (χ0v) is 21.4. The number of carbonyl (C=O) groups excluding carboxylic acids is 1. The Morgan fingerprint density at radius 2 is 1.72 bits per heavy atom. The van der Waals surface area contributed by atoms with E-state index in [1.165, 1.54) is 35.8 Å². The third-order valence-electron chi connectivity index (χ3n) is 4.47. The Hall–Kier alpha value is -2.35. The van der Waals surface area contributed by atoms with Gasteiger partial charge in [-0.05, 0) is 43.3 Å². The quantitative estimate of drug-likeness (QED) is 0.304. The fourth-order valence-corrected chi connectivity index (χ4v) is 4.18. The maximum absolute atomic E-state index is 13.2. The zero-order valence-electron chi connectivity index (χ0n) is 17.5. The molecule has 0 N–H and O–H groups in total. The summed E-state index contributed by atoms with van der Waals surface area (Å²) in [5, 5.41) is 15.8. The molecule has 0 fully saturated rings. The number of carbonyl (C=O) groups is 1. The predicted molar refractivity (Wildman–Crippen MR) is 108 cm³/mol. The molecule has 0 atom stereocenters. The number of carboxylic acids is 1. The van der Waals surface area contributed by atoms with E-state index >= 15 is 0 Å². The Balaban J connectivity index is 0.00000289. The van der Waals surface area contributed by atoms with Gasteiger partial charge in [0.05, 0.1) is 22.1 Å². The molecule has 32 heavy (non-hydrogen) atoms. The number of aryl methyl sites for hydroxylation is 1. The first-order valence-corrected chi connectivity index (χ1v) is 10.4. The van der Waals surface area contributed by atoms with Crippen molar-refractivity contribution < 1.29 is 74.4 Å². The Kier molecular flexibility index (Phi) is 7.32. The van der Waals surface area contributed by atoms with Gasteiger partial charge in [0.1, 0.15) is 11.5 Å². The molecule has 0 unspecified atom stereocenters. The summed E-state index contributed by atoms with van der Waals surface area (Å²) in [6, 6.07) is 10.7. The minimum atomic E-state index is -4.13. The summed E-state index contributed by atoms with van der Waals surface area (Å²) in [5.41, 5.74) is 0.452. The molecule has 1 aromatic carbocycles. The van der Waals surface area contributed by atoms with E-state index in [4.69, 9.17) is 4.74 Å². The van der Waals surface area contributed by atoms with Crippen LogP contribution in [0.5, 0.6) is 11.5 Å². The first kappa shape index (κ1) is 24.3. The van der Waals surface area contributed by atoms with E-state index in [2.05, 4.69) is 15.1 Å². The Morgan fingerprint density at radius 1 is 1.09 bits per heavy atom. The SMILES string of the molecule is Cc1cc2ncc(C(=O)[O-])c(N(C)S(=O)(=O)c3ccc(Oc4ccncc4)cc3)n2n1.[K+]. The number of pyridine rings is 1. The third-order valence-corrected chi connectivity index (χ3v) is 6.23. The van der Waals surface area contributed by atoms with Crippen molar-refractivity contribution in [2.75, 3.05) is 11.4 Å². The van der Waals surface area contributed by atoms with E-state index in [0.29, 0.717) is 22.8 Å². The van der Waals surface area contributed by atoms with Gasteiger partial charge in [-0.15, -0.1) is 0 Å². The second kappa shape index (κ2) is 9.64. The van der Waals surface area contributed by atoms with Crippen molar-refractivity contribution in [3.8, 4) is 11.5 Å². The first-order chi connectivity index (χ1) is 14.8. The summed E-state index contributed by atoms with van der Waals surface area (Å²) in [7, 11) is -2.89. The Morgan fingerprint density at radius 3 is 2.34 bits per heavy atom. The van der Waals surface area contributed by atoms with Gasteiger partial charge in [-0.3, -0.25) is 9.29 Å². The van der Waals surface area contributed by atoms with Crippen LogP contribution in [0.4, 0.5) is 5.82 Å². The summed E-state index contributed by atoms with van der Waals surface area (Å²) in [6.07, 6.45) is 4.20. The van der Waals surface area contributed by atoms with Crippen molar-refractivity contribution in [3.05, 3.63) is 72.3 Å². The summed E-state index contributed by atoms with van der Waals surface area (Å²) in [4.78, 5) is 19.5. The van der Waals surface area contributed by atoms with E-state index < -0.39 is 21.6 Å². The van der Waals surface area contributed by atoms with Gasteiger partial charge < -0.3 is 14.6 Å². The van der Waals surface area contributed by atoms with Gasteiger partial charge in [0.15, 0.2) is 11.5 Å². The standard InChI is InChI=1S/C20H17N5O5S.K/c1-13-11-18-22-12-17(20(26)27)19(25(18)23-13)24(2)31(28,29)16-5-3-14(4-6-16)30-15-7-9-21-10-8-15;/h3-12H,1-2H3,(H,26,27);/q;+1/p-1. The molecule has 0 aliphatic carbocycles. The molecule has 0 aliphatic rings. The normalized spacial score (nSPS) is 11.1. The molecule has 0 amide bonds. The number of rotatable bonds is 6. The van der Waals surface area contributed by atoms with Crippen molar-refractivity contribution in [2.45, 2.75) is 11.8 Å². The molecule has 0 saturated carbocycles. The van der Waals surface area contributed by atoms with E-state index in [9.17, 15) is 18.3 Å². The van der Waals surface area contributed by atoms with Crippen LogP contribution in [-0.2, 0) is 10.0 Å². The molecular weight excluding hydrogens is 461 g/mol. The molecule has 158 valence electrons. The molecule has 0 spiro atoms. The number of ether oxygens (including phenoxy) is 1. The number of sulfonamides is 1. The van der Waals surface area contributed by atoms with E-state index in [1.54, 1.807) is 37.5 Å². The molecule has 3 aromatic heterocycles. The number of benzene rings is 1. The number of hydrogen-bond donors (Lipinski definition) is 0. The van der Waals surface area contributed by atoms with Crippen LogP contribution in [-0.4, -0.2) is 41.0 Å². The monoisotopic (exact) mass is 477 g/mol. The van der Waals surface area contributed by atoms with E-state index in [1.807, 2.05) is 0 Å². The number of carboxylic acid groups (broad SMARTS) is 1. The Bertz CT molecular complexity index is 1380. The second-order valence-electron chi connectivity index (χ2n) is 6.57. The Labute approximate surface area is 226 Å². The fourth-order valence-electron chi connectivity index (χ4n) is 2.98. The van der Waals surface area contributed by atoms with E-state index in [-0.39, 0.29) is 62.1 Å². The predicted octanol–water partition coefficient (Wildman–Crippen LogP) is -1.58. The number of nitrogens with zero attached hydrogens (tertiary/aromatic N) is 5. The van der Waals surface area contributed by atoms with Gasteiger partial charge in [-0.25, -0.2) is 13.4 Å². The smallest absolute Gasteiger partial charge is 0.545 e. The van der Waals surface area contributed by atoms with E-state index in [0.717, 1.165) is 10.5 Å². The zero-order chi connectivity index (χ0) is 22.2. The van der Waals surface area contributed by atoms with Gasteiger partial charge in [0.2, 0.25) is 0 Å². The van der Waals surface area contributed by atoms with Crippen LogP contribution >= 0.6 is 0 Å². The van der Waals surface area contributed by atoms with Crippen LogP contribution in [0, 0.1) is 6.92 Å². The van der Waals surface area contributed by atoms with Crippen LogP contribution in [0.2, 0.25) is 0 Å². The second-order valence-corrected chi connectivity index (χ2v) is 8.54. The molecule has 12 heteroatoms. The third kappa shape index (κ3) is 4.70. The molecule has 0 bridgehead atoms. The van der Waals surface area contributed by atoms with Crippen LogP contribution in [0.1, 0.15) is 16.1 Å². The van der Waals surface area contributed by atoms with Crippen molar-refractivity contribution in [1.82, 2.24) is 19.6 Å². The molecule has 0 aliphatic heterocycles. The summed E-state index contributed by atoms with van der Waals surface area (Å²) < 4.78 is 34.1. The van der Waals surface area contributed by atoms with Gasteiger partial charge in [-0.2, -0.15) is 9.61 Å². The van der Waals surface area contributed by atoms with Gasteiger partial charge in [0.25, 0.3) is 10.0 Å². The first-order valence-electron chi connectivity index (χ1n) is 9.01. The van der Waals surface area contributed by atoms with Gasteiger partial charge in [-0.1, -0.05) is 0 Å². The average Bonchev–Trinajstić information content (AvgIpc) is 3.13. The van der Waals surface area contributed by atoms with Gasteiger partial charge in [0, 0.05) is 31.7 Å². The van der Waals surface area contributed by atoms with Crippen LogP contribution < -0.4 is 65.5 Å². The molecule has 3 heterocycles. The number of hydrogen-bond acceptors (Lipinski definition) is 8. The topological polar surface area (TPSA) is 130 Å².